The highest BCUT2D eigenvalue weighted by atomic mass is 16.3. The molecule has 1 aliphatic rings. The van der Waals surface area contributed by atoms with E-state index in [4.69, 9.17) is 0 Å². The van der Waals surface area contributed by atoms with Gasteiger partial charge in [-0.05, 0) is 37.3 Å². The molecule has 0 radical (unpaired) electrons. The lowest BCUT2D eigenvalue weighted by atomic mass is 9.79. The molecule has 1 N–H and O–H groups in total. The minimum atomic E-state index is -0.806. The lowest BCUT2D eigenvalue weighted by Crippen LogP contribution is -2.33. The quantitative estimate of drug-likeness (QED) is 0.622. The first-order valence-electron chi connectivity index (χ1n) is 4.32. The van der Waals surface area contributed by atoms with Crippen molar-refractivity contribution in [2.75, 3.05) is 0 Å². The Kier molecular flexibility index (Phi) is 2.53. The van der Waals surface area contributed by atoms with Gasteiger partial charge in [0.25, 0.3) is 0 Å². The summed E-state index contributed by atoms with van der Waals surface area (Å²) in [5, 5.41) is 10.2. The molecule has 66 valence electrons. The van der Waals surface area contributed by atoms with Crippen LogP contribution in [0.5, 0.6) is 0 Å². The van der Waals surface area contributed by atoms with E-state index in [1.54, 1.807) is 6.08 Å². The lowest BCUT2D eigenvalue weighted by Gasteiger charge is -2.33. The summed E-state index contributed by atoms with van der Waals surface area (Å²) >= 11 is 0. The average Bonchev–Trinajstić information content (AvgIpc) is 2.05. The molecule has 12 heavy (non-hydrogen) atoms. The van der Waals surface area contributed by atoms with Crippen molar-refractivity contribution in [3.8, 4) is 0 Å². The van der Waals surface area contributed by atoms with Crippen molar-refractivity contribution < 1.29 is 5.11 Å². The van der Waals surface area contributed by atoms with E-state index < -0.39 is 5.60 Å². The Morgan fingerprint density at radius 1 is 1.75 bits per heavy atom. The maximum absolute atomic E-state index is 10.2. The molecule has 0 saturated carbocycles. The third-order valence-electron chi connectivity index (χ3n) is 2.51. The maximum atomic E-state index is 10.2. The molecule has 1 heteroatoms. The van der Waals surface area contributed by atoms with E-state index in [1.807, 2.05) is 13.0 Å². The predicted octanol–water partition coefficient (Wildman–Crippen LogP) is 2.59. The maximum Gasteiger partial charge on any atom is 0.110 e. The molecule has 1 aliphatic carbocycles. The number of hydrogen-bond acceptors (Lipinski definition) is 1. The first kappa shape index (κ1) is 9.27. The molecule has 0 aromatic carbocycles. The standard InChI is InChI=1S/C11H16O/c1-4-10-7-5-6-8-11(10,12)9(2)3/h4,7,12H,1-2,5-6,8H2,3H3. The van der Waals surface area contributed by atoms with Crippen molar-refractivity contribution in [3.05, 3.63) is 36.5 Å². The Hall–Kier alpha value is -0.820. The van der Waals surface area contributed by atoms with Gasteiger partial charge in [0.1, 0.15) is 5.60 Å². The van der Waals surface area contributed by atoms with E-state index in [9.17, 15) is 5.11 Å². The second kappa shape index (κ2) is 3.28. The molecule has 0 saturated heterocycles. The number of allylic oxidation sites excluding steroid dienone is 1. The van der Waals surface area contributed by atoms with Crippen LogP contribution >= 0.6 is 0 Å². The Morgan fingerprint density at radius 3 is 2.83 bits per heavy atom. The van der Waals surface area contributed by atoms with Gasteiger partial charge in [0, 0.05) is 0 Å². The van der Waals surface area contributed by atoms with Gasteiger partial charge in [0.05, 0.1) is 0 Å². The molecule has 0 spiro atoms. The number of aliphatic hydroxyl groups is 1. The van der Waals surface area contributed by atoms with Gasteiger partial charge >= 0.3 is 0 Å². The number of rotatable bonds is 2. The molecular weight excluding hydrogens is 148 g/mol. The van der Waals surface area contributed by atoms with E-state index in [0.29, 0.717) is 0 Å². The van der Waals surface area contributed by atoms with Crippen LogP contribution in [0.3, 0.4) is 0 Å². The fourth-order valence-electron chi connectivity index (χ4n) is 1.64. The van der Waals surface area contributed by atoms with Gasteiger partial charge in [0.15, 0.2) is 0 Å². The van der Waals surface area contributed by atoms with Crippen LogP contribution in [0.4, 0.5) is 0 Å². The van der Waals surface area contributed by atoms with Crippen molar-refractivity contribution in [1.29, 1.82) is 0 Å². The summed E-state index contributed by atoms with van der Waals surface area (Å²) in [6.45, 7) is 9.37. The Morgan fingerprint density at radius 2 is 2.42 bits per heavy atom. The fourth-order valence-corrected chi connectivity index (χ4v) is 1.64. The van der Waals surface area contributed by atoms with Crippen LogP contribution in [0.2, 0.25) is 0 Å². The van der Waals surface area contributed by atoms with Gasteiger partial charge < -0.3 is 5.11 Å². The predicted molar refractivity (Wildman–Crippen MR) is 51.9 cm³/mol. The zero-order valence-electron chi connectivity index (χ0n) is 7.64. The Bertz CT molecular complexity index is 237. The van der Waals surface area contributed by atoms with Gasteiger partial charge in [-0.2, -0.15) is 0 Å². The third kappa shape index (κ3) is 1.37. The molecule has 0 fully saturated rings. The molecule has 0 heterocycles. The SMILES string of the molecule is C=CC1=CCCCC1(O)C(=C)C. The summed E-state index contributed by atoms with van der Waals surface area (Å²) in [7, 11) is 0. The Labute approximate surface area is 74.1 Å². The minimum Gasteiger partial charge on any atom is -0.381 e. The van der Waals surface area contributed by atoms with Gasteiger partial charge in [-0.15, -0.1) is 0 Å². The minimum absolute atomic E-state index is 0.778. The molecule has 0 bridgehead atoms. The van der Waals surface area contributed by atoms with Crippen LogP contribution in [0.15, 0.2) is 36.5 Å². The zero-order valence-corrected chi connectivity index (χ0v) is 7.64. The third-order valence-corrected chi connectivity index (χ3v) is 2.51. The van der Waals surface area contributed by atoms with Crippen molar-refractivity contribution in [1.82, 2.24) is 0 Å². The summed E-state index contributed by atoms with van der Waals surface area (Å²) < 4.78 is 0. The van der Waals surface area contributed by atoms with Crippen molar-refractivity contribution >= 4 is 0 Å². The number of hydrogen-bond donors (Lipinski definition) is 1. The average molecular weight is 164 g/mol. The van der Waals surface area contributed by atoms with E-state index in [1.165, 1.54) is 0 Å². The van der Waals surface area contributed by atoms with Crippen molar-refractivity contribution in [3.63, 3.8) is 0 Å². The van der Waals surface area contributed by atoms with E-state index in [0.717, 1.165) is 30.4 Å². The molecule has 1 nitrogen and oxygen atoms in total. The van der Waals surface area contributed by atoms with E-state index >= 15 is 0 Å². The normalized spacial score (nSPS) is 29.3. The van der Waals surface area contributed by atoms with Crippen LogP contribution in [0.25, 0.3) is 0 Å². The monoisotopic (exact) mass is 164 g/mol. The van der Waals surface area contributed by atoms with Gasteiger partial charge in [-0.1, -0.05) is 25.3 Å². The zero-order chi connectivity index (χ0) is 9.19. The summed E-state index contributed by atoms with van der Waals surface area (Å²) in [4.78, 5) is 0. The van der Waals surface area contributed by atoms with Gasteiger partial charge in [-0.25, -0.2) is 0 Å². The smallest absolute Gasteiger partial charge is 0.110 e. The first-order valence-corrected chi connectivity index (χ1v) is 4.32. The van der Waals surface area contributed by atoms with Gasteiger partial charge in [-0.3, -0.25) is 0 Å². The topological polar surface area (TPSA) is 20.2 Å². The van der Waals surface area contributed by atoms with Crippen LogP contribution in [-0.2, 0) is 0 Å². The Balaban J connectivity index is 3.01. The van der Waals surface area contributed by atoms with E-state index in [-0.39, 0.29) is 0 Å². The second-order valence-electron chi connectivity index (χ2n) is 3.40. The lowest BCUT2D eigenvalue weighted by molar-refractivity contribution is 0.103. The molecule has 0 aliphatic heterocycles. The molecule has 0 amide bonds. The molecule has 1 unspecified atom stereocenters. The fraction of sp³-hybridized carbons (Fsp3) is 0.455. The summed E-state index contributed by atoms with van der Waals surface area (Å²) in [6.07, 6.45) is 6.62. The highest BCUT2D eigenvalue weighted by Gasteiger charge is 2.32. The largest absolute Gasteiger partial charge is 0.381 e. The van der Waals surface area contributed by atoms with Gasteiger partial charge in [0.2, 0.25) is 0 Å². The summed E-state index contributed by atoms with van der Waals surface area (Å²) in [5.74, 6) is 0. The first-order chi connectivity index (χ1) is 5.61. The second-order valence-corrected chi connectivity index (χ2v) is 3.40. The van der Waals surface area contributed by atoms with Crippen molar-refractivity contribution in [2.45, 2.75) is 31.8 Å². The van der Waals surface area contributed by atoms with Crippen LogP contribution in [0, 0.1) is 0 Å². The van der Waals surface area contributed by atoms with E-state index in [2.05, 4.69) is 13.2 Å². The molecular formula is C11H16O. The van der Waals surface area contributed by atoms with Crippen molar-refractivity contribution in [2.24, 2.45) is 0 Å². The summed E-state index contributed by atoms with van der Waals surface area (Å²) in [6, 6.07) is 0. The van der Waals surface area contributed by atoms with Crippen LogP contribution in [-0.4, -0.2) is 10.7 Å². The molecule has 0 aromatic rings. The molecule has 0 aromatic heterocycles. The highest BCUT2D eigenvalue weighted by Crippen LogP contribution is 2.34. The highest BCUT2D eigenvalue weighted by molar-refractivity contribution is 5.37. The molecule has 1 rings (SSSR count). The summed E-state index contributed by atoms with van der Waals surface area (Å²) in [5.41, 5.74) is 0.926. The van der Waals surface area contributed by atoms with Crippen LogP contribution < -0.4 is 0 Å². The molecule has 1 atom stereocenters. The van der Waals surface area contributed by atoms with Crippen LogP contribution in [0.1, 0.15) is 26.2 Å².